The molecule has 1 heterocycles. The summed E-state index contributed by atoms with van der Waals surface area (Å²) in [7, 11) is 0. The number of carbonyl (C=O) groups is 1. The number of hydrogen-bond acceptors (Lipinski definition) is 8. The number of hydrogen-bond donors (Lipinski definition) is 6. The van der Waals surface area contributed by atoms with Crippen LogP contribution >= 0.6 is 0 Å². The molecule has 0 aromatic carbocycles. The number of ether oxygens (including phenoxy) is 2. The number of nitrogens with one attached hydrogen (secondary N) is 1. The number of amides is 1. The lowest BCUT2D eigenvalue weighted by molar-refractivity contribution is -0.302. The van der Waals surface area contributed by atoms with Crippen molar-refractivity contribution in [2.24, 2.45) is 0 Å². The minimum absolute atomic E-state index is 0.183. The van der Waals surface area contributed by atoms with E-state index in [2.05, 4.69) is 43.5 Å². The van der Waals surface area contributed by atoms with Crippen molar-refractivity contribution in [1.29, 1.82) is 0 Å². The Kier molecular flexibility index (Phi) is 58.8. The van der Waals surface area contributed by atoms with Crippen LogP contribution in [0, 0.1) is 0 Å². The molecule has 0 aliphatic carbocycles. The van der Waals surface area contributed by atoms with Gasteiger partial charge in [0.15, 0.2) is 6.29 Å². The quantitative estimate of drug-likeness (QED) is 0.0261. The van der Waals surface area contributed by atoms with E-state index in [1.165, 1.54) is 295 Å². The van der Waals surface area contributed by atoms with E-state index in [1.54, 1.807) is 6.08 Å². The van der Waals surface area contributed by atoms with Crippen molar-refractivity contribution in [2.45, 2.75) is 403 Å². The average Bonchev–Trinajstić information content (AvgIpc) is 3.49. The van der Waals surface area contributed by atoms with Crippen LogP contribution < -0.4 is 5.32 Å². The summed E-state index contributed by atoms with van der Waals surface area (Å²) in [4.78, 5) is 13.1. The van der Waals surface area contributed by atoms with Crippen molar-refractivity contribution >= 4 is 5.91 Å². The molecule has 0 aromatic heterocycles. The first kappa shape index (κ1) is 77.4. The smallest absolute Gasteiger partial charge is 0.220 e. The van der Waals surface area contributed by atoms with Crippen LogP contribution in [-0.2, 0) is 14.3 Å². The van der Waals surface area contributed by atoms with Crippen molar-refractivity contribution in [3.63, 3.8) is 0 Å². The Bertz CT molecular complexity index is 1370. The van der Waals surface area contributed by atoms with E-state index < -0.39 is 49.5 Å². The first-order chi connectivity index (χ1) is 39.8. The fourth-order valence-corrected chi connectivity index (χ4v) is 11.6. The molecular weight excluding hydrogens is 1010 g/mol. The molecule has 1 amide bonds. The Morgan fingerprint density at radius 1 is 0.407 bits per heavy atom. The van der Waals surface area contributed by atoms with Crippen LogP contribution in [0.25, 0.3) is 0 Å². The molecule has 1 rings (SSSR count). The fraction of sp³-hybridized carbons (Fsp3) is 0.903. The van der Waals surface area contributed by atoms with Gasteiger partial charge in [0.25, 0.3) is 0 Å². The van der Waals surface area contributed by atoms with Gasteiger partial charge in [0.05, 0.1) is 25.4 Å². The van der Waals surface area contributed by atoms with E-state index in [0.717, 1.165) is 44.9 Å². The summed E-state index contributed by atoms with van der Waals surface area (Å²) in [6.45, 7) is 3.81. The highest BCUT2D eigenvalue weighted by molar-refractivity contribution is 5.76. The summed E-state index contributed by atoms with van der Waals surface area (Å²) in [6, 6.07) is -0.828. The zero-order chi connectivity index (χ0) is 58.6. The summed E-state index contributed by atoms with van der Waals surface area (Å²) in [5.74, 6) is -0.183. The van der Waals surface area contributed by atoms with E-state index in [0.29, 0.717) is 6.42 Å². The molecule has 9 nitrogen and oxygen atoms in total. The number of aliphatic hydroxyl groups excluding tert-OH is 5. The lowest BCUT2D eigenvalue weighted by Crippen LogP contribution is -2.60. The molecule has 9 heteroatoms. The maximum absolute atomic E-state index is 13.1. The van der Waals surface area contributed by atoms with Gasteiger partial charge in [0.1, 0.15) is 24.4 Å². The Balaban J connectivity index is 2.10. The second kappa shape index (κ2) is 61.5. The van der Waals surface area contributed by atoms with Crippen molar-refractivity contribution in [3.05, 3.63) is 36.5 Å². The summed E-state index contributed by atoms with van der Waals surface area (Å²) in [5.41, 5.74) is 0. The molecule has 478 valence electrons. The zero-order valence-corrected chi connectivity index (χ0v) is 53.6. The number of carbonyl (C=O) groups excluding carboxylic acids is 1. The lowest BCUT2D eigenvalue weighted by Gasteiger charge is -2.40. The summed E-state index contributed by atoms with van der Waals surface area (Å²) < 4.78 is 11.3. The van der Waals surface area contributed by atoms with Gasteiger partial charge >= 0.3 is 0 Å². The van der Waals surface area contributed by atoms with Gasteiger partial charge in [-0.1, -0.05) is 346 Å². The minimum atomic E-state index is -1.57. The van der Waals surface area contributed by atoms with Gasteiger partial charge in [0.2, 0.25) is 5.91 Å². The van der Waals surface area contributed by atoms with E-state index in [9.17, 15) is 30.3 Å². The molecule has 1 fully saturated rings. The standard InChI is InChI=1S/C72H137NO8/c1-3-5-7-9-11-13-15-17-19-21-23-25-27-28-29-30-31-32-33-34-35-36-37-38-39-40-42-44-46-48-50-52-54-56-58-60-62-68(76)73-65(64-80-72-71(79)70(78)69(77)67(63-74)81-72)66(75)61-59-57-55-53-51-49-47-45-43-41-26-24-22-20-18-16-14-12-10-8-6-4-2/h43,45,51,53,59,61,65-67,69-72,74-75,77-79H,3-42,44,46-50,52,54-58,60,62-64H2,1-2H3,(H,73,76)/b45-43+,53-51+,61-59+. The minimum Gasteiger partial charge on any atom is -0.394 e. The third-order valence-electron chi connectivity index (χ3n) is 17.2. The van der Waals surface area contributed by atoms with Crippen LogP contribution in [-0.4, -0.2) is 87.5 Å². The molecule has 7 unspecified atom stereocenters. The largest absolute Gasteiger partial charge is 0.394 e. The third kappa shape index (κ3) is 50.3. The summed E-state index contributed by atoms with van der Waals surface area (Å²) >= 11 is 0. The van der Waals surface area contributed by atoms with E-state index in [-0.39, 0.29) is 12.5 Å². The van der Waals surface area contributed by atoms with Crippen molar-refractivity contribution in [2.75, 3.05) is 13.2 Å². The molecule has 0 radical (unpaired) electrons. The molecule has 7 atom stereocenters. The predicted octanol–water partition coefficient (Wildman–Crippen LogP) is 19.4. The van der Waals surface area contributed by atoms with Crippen molar-refractivity contribution in [1.82, 2.24) is 5.32 Å². The topological polar surface area (TPSA) is 149 Å². The highest BCUT2D eigenvalue weighted by atomic mass is 16.7. The van der Waals surface area contributed by atoms with E-state index >= 15 is 0 Å². The zero-order valence-electron chi connectivity index (χ0n) is 53.6. The Labute approximate surface area is 501 Å². The summed E-state index contributed by atoms with van der Waals surface area (Å²) in [6.07, 6.45) is 75.6. The Morgan fingerprint density at radius 3 is 1.04 bits per heavy atom. The average molecular weight is 1140 g/mol. The number of aliphatic hydroxyl groups is 5. The highest BCUT2D eigenvalue weighted by Crippen LogP contribution is 2.23. The van der Waals surface area contributed by atoms with Crippen LogP contribution in [0.4, 0.5) is 0 Å². The van der Waals surface area contributed by atoms with Gasteiger partial charge < -0.3 is 40.3 Å². The van der Waals surface area contributed by atoms with E-state index in [4.69, 9.17) is 9.47 Å². The molecule has 1 aliphatic heterocycles. The summed E-state index contributed by atoms with van der Waals surface area (Å²) in [5, 5.41) is 54.7. The second-order valence-corrected chi connectivity index (χ2v) is 25.0. The van der Waals surface area contributed by atoms with Gasteiger partial charge in [0, 0.05) is 6.42 Å². The first-order valence-electron chi connectivity index (χ1n) is 35.7. The molecule has 81 heavy (non-hydrogen) atoms. The van der Waals surface area contributed by atoms with E-state index in [1.807, 2.05) is 6.08 Å². The van der Waals surface area contributed by atoms with Crippen molar-refractivity contribution < 1.29 is 39.8 Å². The highest BCUT2D eigenvalue weighted by Gasteiger charge is 2.44. The fourth-order valence-electron chi connectivity index (χ4n) is 11.6. The van der Waals surface area contributed by atoms with Gasteiger partial charge in [-0.2, -0.15) is 0 Å². The van der Waals surface area contributed by atoms with Gasteiger partial charge in [-0.05, 0) is 44.9 Å². The maximum atomic E-state index is 13.1. The molecule has 0 aromatic rings. The maximum Gasteiger partial charge on any atom is 0.220 e. The molecule has 1 saturated heterocycles. The SMILES string of the molecule is CCCCCCCCCCCCCC/C=C/CC/C=C/CC/C=C/C(O)C(COC1OC(CO)C(O)C(O)C1O)NC(=O)CCCCCCCCCCCCCCCCCCCCCCCCCCCCCCCCCCCCCC. The Hall–Kier alpha value is -1.59. The van der Waals surface area contributed by atoms with Crippen LogP contribution in [0.3, 0.4) is 0 Å². The van der Waals surface area contributed by atoms with Gasteiger partial charge in [-0.25, -0.2) is 0 Å². The second-order valence-electron chi connectivity index (χ2n) is 25.0. The molecule has 6 N–H and O–H groups in total. The third-order valence-corrected chi connectivity index (χ3v) is 17.2. The number of rotatable bonds is 63. The first-order valence-corrected chi connectivity index (χ1v) is 35.7. The molecule has 0 spiro atoms. The van der Waals surface area contributed by atoms with Crippen molar-refractivity contribution in [3.8, 4) is 0 Å². The van der Waals surface area contributed by atoms with Gasteiger partial charge in [-0.15, -0.1) is 0 Å². The van der Waals surface area contributed by atoms with Crippen LogP contribution in [0.5, 0.6) is 0 Å². The number of allylic oxidation sites excluding steroid dienone is 5. The van der Waals surface area contributed by atoms with Crippen LogP contribution in [0.1, 0.15) is 361 Å². The normalized spacial score (nSPS) is 18.5. The molecule has 0 saturated carbocycles. The van der Waals surface area contributed by atoms with Crippen LogP contribution in [0.2, 0.25) is 0 Å². The molecule has 0 bridgehead atoms. The van der Waals surface area contributed by atoms with Crippen LogP contribution in [0.15, 0.2) is 36.5 Å². The predicted molar refractivity (Wildman–Crippen MR) is 346 cm³/mol. The van der Waals surface area contributed by atoms with Gasteiger partial charge in [-0.3, -0.25) is 4.79 Å². The monoisotopic (exact) mass is 1140 g/mol. The molecule has 1 aliphatic rings. The number of unbranched alkanes of at least 4 members (excludes halogenated alkanes) is 49. The molecular formula is C72H137NO8. The lowest BCUT2D eigenvalue weighted by atomic mass is 9.99. The Morgan fingerprint density at radius 2 is 0.704 bits per heavy atom.